The topological polar surface area (TPSA) is 76.5 Å². The molecule has 0 bridgehead atoms. The van der Waals surface area contributed by atoms with Crippen molar-refractivity contribution in [3.8, 4) is 5.75 Å². The van der Waals surface area contributed by atoms with Crippen LogP contribution in [-0.2, 0) is 15.8 Å². The molecule has 22 heavy (non-hydrogen) atoms. The van der Waals surface area contributed by atoms with Gasteiger partial charge in [-0.05, 0) is 49.3 Å². The quantitative estimate of drug-likeness (QED) is 0.213. The van der Waals surface area contributed by atoms with E-state index in [1.165, 1.54) is 0 Å². The fourth-order valence-corrected chi connectivity index (χ4v) is 3.13. The van der Waals surface area contributed by atoms with Crippen molar-refractivity contribution in [1.82, 2.24) is 0 Å². The number of ether oxygens (including phenoxy) is 2. The first-order valence-corrected chi connectivity index (χ1v) is 10.7. The molecule has 0 aromatic heterocycles. The molecule has 0 N–H and O–H groups in total. The molecule has 1 aromatic rings. The van der Waals surface area contributed by atoms with Crippen molar-refractivity contribution in [3.05, 3.63) is 40.3 Å². The van der Waals surface area contributed by atoms with Crippen LogP contribution in [0, 0.1) is 0 Å². The van der Waals surface area contributed by atoms with Crippen molar-refractivity contribution in [2.24, 2.45) is 5.11 Å². The van der Waals surface area contributed by atoms with Crippen molar-refractivity contribution >= 4 is 8.32 Å². The van der Waals surface area contributed by atoms with Crippen LogP contribution in [0.2, 0.25) is 19.6 Å². The summed E-state index contributed by atoms with van der Waals surface area (Å²) in [6, 6.07) is 7.79. The van der Waals surface area contributed by atoms with Crippen molar-refractivity contribution < 1.29 is 13.9 Å². The van der Waals surface area contributed by atoms with Gasteiger partial charge in [0.2, 0.25) is 0 Å². The van der Waals surface area contributed by atoms with Crippen LogP contribution in [0.3, 0.4) is 0 Å². The highest BCUT2D eigenvalue weighted by Gasteiger charge is 2.20. The van der Waals surface area contributed by atoms with Gasteiger partial charge >= 0.3 is 0 Å². The van der Waals surface area contributed by atoms with E-state index in [1.807, 2.05) is 24.3 Å². The van der Waals surface area contributed by atoms with E-state index in [9.17, 15) is 0 Å². The largest absolute Gasteiger partial charge is 0.497 e. The first-order valence-electron chi connectivity index (χ1n) is 7.34. The minimum absolute atomic E-state index is 0.0709. The lowest BCUT2D eigenvalue weighted by Gasteiger charge is -2.25. The SMILES string of the molecule is COc1ccc(COCC[C@H](CN=[N+]=[N-])O[Si](C)(C)C)cc1. The van der Waals surface area contributed by atoms with Crippen LogP contribution in [0.25, 0.3) is 10.4 Å². The Bertz CT molecular complexity index is 482. The second-order valence-electron chi connectivity index (χ2n) is 5.96. The number of hydrogen-bond donors (Lipinski definition) is 0. The molecule has 0 aliphatic rings. The fourth-order valence-electron chi connectivity index (χ4n) is 1.94. The molecular formula is C15H25N3O3Si. The van der Waals surface area contributed by atoms with Crippen LogP contribution < -0.4 is 4.74 Å². The van der Waals surface area contributed by atoms with E-state index < -0.39 is 8.32 Å². The Kier molecular flexibility index (Phi) is 7.98. The summed E-state index contributed by atoms with van der Waals surface area (Å²) in [6.07, 6.45) is 0.651. The molecular weight excluding hydrogens is 298 g/mol. The van der Waals surface area contributed by atoms with Crippen molar-refractivity contribution in [1.29, 1.82) is 0 Å². The van der Waals surface area contributed by atoms with Gasteiger partial charge < -0.3 is 13.9 Å². The number of azide groups is 1. The lowest BCUT2D eigenvalue weighted by atomic mass is 10.2. The number of nitrogens with zero attached hydrogens (tertiary/aromatic N) is 3. The first-order chi connectivity index (χ1) is 10.4. The summed E-state index contributed by atoms with van der Waals surface area (Å²) in [6.45, 7) is 7.83. The average molecular weight is 323 g/mol. The summed E-state index contributed by atoms with van der Waals surface area (Å²) < 4.78 is 16.8. The summed E-state index contributed by atoms with van der Waals surface area (Å²) >= 11 is 0. The molecule has 0 unspecified atom stereocenters. The molecule has 0 fully saturated rings. The van der Waals surface area contributed by atoms with Gasteiger partial charge in [0.25, 0.3) is 0 Å². The van der Waals surface area contributed by atoms with Gasteiger partial charge in [0.15, 0.2) is 8.32 Å². The third kappa shape index (κ3) is 8.04. The van der Waals surface area contributed by atoms with Gasteiger partial charge in [-0.15, -0.1) is 0 Å². The molecule has 0 aliphatic heterocycles. The van der Waals surface area contributed by atoms with E-state index in [4.69, 9.17) is 19.4 Å². The normalized spacial score (nSPS) is 12.5. The highest BCUT2D eigenvalue weighted by atomic mass is 28.4. The van der Waals surface area contributed by atoms with Gasteiger partial charge in [0, 0.05) is 11.5 Å². The standard InChI is InChI=1S/C15H25N3O3Si/c1-19-14-7-5-13(6-8-14)12-20-10-9-15(11-17-18-16)21-22(2,3)4/h5-8,15H,9-12H2,1-4H3/t15-/m1/s1. The molecule has 122 valence electrons. The molecule has 6 nitrogen and oxygen atoms in total. The Labute approximate surface area is 133 Å². The summed E-state index contributed by atoms with van der Waals surface area (Å²) in [5.74, 6) is 0.835. The molecule has 0 heterocycles. The zero-order valence-corrected chi connectivity index (χ0v) is 14.8. The van der Waals surface area contributed by atoms with Crippen LogP contribution >= 0.6 is 0 Å². The molecule has 1 rings (SSSR count). The van der Waals surface area contributed by atoms with Crippen molar-refractivity contribution in [2.45, 2.75) is 38.8 Å². The summed E-state index contributed by atoms with van der Waals surface area (Å²) in [5.41, 5.74) is 9.54. The molecule has 0 spiro atoms. The number of methoxy groups -OCH3 is 1. The Balaban J connectivity index is 2.36. The Morgan fingerprint density at radius 1 is 1.23 bits per heavy atom. The molecule has 0 aliphatic carbocycles. The maximum atomic E-state index is 8.45. The third-order valence-corrected chi connectivity index (χ3v) is 3.92. The van der Waals surface area contributed by atoms with Crippen LogP contribution in [0.1, 0.15) is 12.0 Å². The van der Waals surface area contributed by atoms with E-state index in [-0.39, 0.29) is 6.10 Å². The van der Waals surface area contributed by atoms with Crippen LogP contribution in [0.4, 0.5) is 0 Å². The molecule has 7 heteroatoms. The molecule has 0 saturated heterocycles. The smallest absolute Gasteiger partial charge is 0.184 e. The van der Waals surface area contributed by atoms with E-state index in [2.05, 4.69) is 29.7 Å². The van der Waals surface area contributed by atoms with E-state index in [0.717, 1.165) is 17.7 Å². The van der Waals surface area contributed by atoms with Gasteiger partial charge in [-0.1, -0.05) is 17.2 Å². The Morgan fingerprint density at radius 3 is 2.45 bits per heavy atom. The second-order valence-corrected chi connectivity index (χ2v) is 10.4. The van der Waals surface area contributed by atoms with E-state index in [1.54, 1.807) is 7.11 Å². The molecule has 1 aromatic carbocycles. The highest BCUT2D eigenvalue weighted by molar-refractivity contribution is 6.69. The first kappa shape index (κ1) is 18.5. The zero-order valence-electron chi connectivity index (χ0n) is 13.8. The Hall–Kier alpha value is -1.53. The second kappa shape index (κ2) is 9.48. The summed E-state index contributed by atoms with van der Waals surface area (Å²) in [7, 11) is -0.0110. The van der Waals surface area contributed by atoms with Gasteiger partial charge in [0.05, 0.1) is 26.4 Å². The molecule has 1 atom stereocenters. The summed E-state index contributed by atoms with van der Waals surface area (Å²) in [4.78, 5) is 2.81. The molecule has 0 amide bonds. The maximum absolute atomic E-state index is 8.45. The maximum Gasteiger partial charge on any atom is 0.184 e. The number of rotatable bonds is 10. The predicted molar refractivity (Wildman–Crippen MR) is 89.5 cm³/mol. The monoisotopic (exact) mass is 323 g/mol. The lowest BCUT2D eigenvalue weighted by Crippen LogP contribution is -2.34. The van der Waals surface area contributed by atoms with Crippen LogP contribution in [-0.4, -0.2) is 34.7 Å². The summed E-state index contributed by atoms with van der Waals surface area (Å²) in [5, 5.41) is 3.62. The van der Waals surface area contributed by atoms with E-state index >= 15 is 0 Å². The van der Waals surface area contributed by atoms with Gasteiger partial charge in [-0.3, -0.25) is 0 Å². The van der Waals surface area contributed by atoms with Gasteiger partial charge in [-0.2, -0.15) is 0 Å². The van der Waals surface area contributed by atoms with Crippen molar-refractivity contribution in [3.63, 3.8) is 0 Å². The highest BCUT2D eigenvalue weighted by Crippen LogP contribution is 2.13. The zero-order chi connectivity index (χ0) is 16.4. The number of hydrogen-bond acceptors (Lipinski definition) is 4. The number of benzene rings is 1. The van der Waals surface area contributed by atoms with Gasteiger partial charge in [0.1, 0.15) is 5.75 Å². The van der Waals surface area contributed by atoms with Crippen LogP contribution in [0.5, 0.6) is 5.75 Å². The average Bonchev–Trinajstić information content (AvgIpc) is 2.48. The molecule has 0 saturated carbocycles. The minimum Gasteiger partial charge on any atom is -0.497 e. The van der Waals surface area contributed by atoms with E-state index in [0.29, 0.717) is 19.8 Å². The predicted octanol–water partition coefficient (Wildman–Crippen LogP) is 4.13. The van der Waals surface area contributed by atoms with Crippen molar-refractivity contribution in [2.75, 3.05) is 20.3 Å². The minimum atomic E-state index is -1.66. The fraction of sp³-hybridized carbons (Fsp3) is 0.600. The molecule has 0 radical (unpaired) electrons. The van der Waals surface area contributed by atoms with Crippen LogP contribution in [0.15, 0.2) is 29.4 Å². The van der Waals surface area contributed by atoms with Gasteiger partial charge in [-0.25, -0.2) is 0 Å². The lowest BCUT2D eigenvalue weighted by molar-refractivity contribution is 0.0827. The third-order valence-electron chi connectivity index (χ3n) is 2.88. The Morgan fingerprint density at radius 2 is 1.91 bits per heavy atom.